The van der Waals surface area contributed by atoms with Crippen LogP contribution in [-0.4, -0.2) is 32.7 Å². The molecule has 2 aromatic heterocycles. The van der Waals surface area contributed by atoms with Gasteiger partial charge in [-0.05, 0) is 63.2 Å². The van der Waals surface area contributed by atoms with Crippen LogP contribution in [0.4, 0.5) is 10.3 Å². The molecule has 4 fully saturated rings. The van der Waals surface area contributed by atoms with Crippen LogP contribution in [0.5, 0.6) is 0 Å². The minimum absolute atomic E-state index is 0.126. The van der Waals surface area contributed by atoms with E-state index in [1.165, 1.54) is 53.7 Å². The van der Waals surface area contributed by atoms with E-state index in [-0.39, 0.29) is 23.0 Å². The van der Waals surface area contributed by atoms with Crippen LogP contribution in [0, 0.1) is 30.1 Å². The van der Waals surface area contributed by atoms with Gasteiger partial charge in [0, 0.05) is 5.38 Å². The standard InChI is InChI=1S/C19H23N5O2S3/c1-10-8-27-16(20-10)21-14(25)9-28-18-24-23-17(29-18)22-15(26)19-5-11-2-12(6-19)4-13(3-11)7-19/h8,11-13H,2-7,9H2,1H3,(H,20,21,25)(H,22,23,26). The molecule has 0 atom stereocenters. The molecule has 4 aliphatic rings. The Bertz CT molecular complexity index is 905. The van der Waals surface area contributed by atoms with Crippen molar-refractivity contribution in [3.63, 3.8) is 0 Å². The fourth-order valence-electron chi connectivity index (χ4n) is 5.63. The third-order valence-corrected chi connectivity index (χ3v) is 9.19. The second-order valence-corrected chi connectivity index (χ2v) is 11.7. The number of nitrogens with zero attached hydrogens (tertiary/aromatic N) is 3. The van der Waals surface area contributed by atoms with Crippen LogP contribution in [0.3, 0.4) is 0 Å². The molecule has 2 aromatic rings. The van der Waals surface area contributed by atoms with E-state index in [1.54, 1.807) is 0 Å². The highest BCUT2D eigenvalue weighted by Crippen LogP contribution is 2.60. The predicted molar refractivity (Wildman–Crippen MR) is 115 cm³/mol. The molecule has 0 unspecified atom stereocenters. The smallest absolute Gasteiger partial charge is 0.236 e. The summed E-state index contributed by atoms with van der Waals surface area (Å²) >= 11 is 4.06. The van der Waals surface area contributed by atoms with Crippen molar-refractivity contribution >= 4 is 56.5 Å². The number of carbonyl (C=O) groups is 2. The molecule has 154 valence electrons. The molecule has 2 amide bonds. The maximum absolute atomic E-state index is 13.1. The van der Waals surface area contributed by atoms with Crippen molar-refractivity contribution in [2.75, 3.05) is 16.4 Å². The van der Waals surface area contributed by atoms with Crippen molar-refractivity contribution in [1.82, 2.24) is 15.2 Å². The number of aromatic nitrogens is 3. The summed E-state index contributed by atoms with van der Waals surface area (Å²) in [6, 6.07) is 0. The number of thioether (sulfide) groups is 1. The lowest BCUT2D eigenvalue weighted by Gasteiger charge is -2.55. The van der Waals surface area contributed by atoms with Gasteiger partial charge in [-0.25, -0.2) is 4.98 Å². The first-order valence-corrected chi connectivity index (χ1v) is 12.7. The summed E-state index contributed by atoms with van der Waals surface area (Å²) in [6.07, 6.45) is 7.03. The largest absolute Gasteiger partial charge is 0.301 e. The Morgan fingerprint density at radius 3 is 2.41 bits per heavy atom. The van der Waals surface area contributed by atoms with E-state index in [1.807, 2.05) is 12.3 Å². The minimum atomic E-state index is -0.195. The number of aryl methyl sites for hydroxylation is 1. The van der Waals surface area contributed by atoms with E-state index in [0.29, 0.717) is 14.6 Å². The minimum Gasteiger partial charge on any atom is -0.301 e. The molecule has 0 aromatic carbocycles. The fourth-order valence-corrected chi connectivity index (χ4v) is 7.88. The van der Waals surface area contributed by atoms with Crippen molar-refractivity contribution in [3.8, 4) is 0 Å². The zero-order valence-electron chi connectivity index (χ0n) is 16.1. The molecular formula is C19H23N5O2S3. The van der Waals surface area contributed by atoms with Crippen molar-refractivity contribution in [2.24, 2.45) is 23.2 Å². The summed E-state index contributed by atoms with van der Waals surface area (Å²) in [5, 5.41) is 17.1. The molecule has 4 saturated carbocycles. The van der Waals surface area contributed by atoms with E-state index in [4.69, 9.17) is 0 Å². The number of anilines is 2. The number of thiazole rings is 1. The highest BCUT2D eigenvalue weighted by atomic mass is 32.2. The lowest BCUT2D eigenvalue weighted by molar-refractivity contribution is -0.140. The monoisotopic (exact) mass is 449 g/mol. The van der Waals surface area contributed by atoms with Gasteiger partial charge >= 0.3 is 0 Å². The van der Waals surface area contributed by atoms with Crippen molar-refractivity contribution < 1.29 is 9.59 Å². The first kappa shape index (κ1) is 19.4. The zero-order valence-corrected chi connectivity index (χ0v) is 18.6. The topological polar surface area (TPSA) is 96.9 Å². The lowest BCUT2D eigenvalue weighted by Crippen LogP contribution is -2.51. The summed E-state index contributed by atoms with van der Waals surface area (Å²) < 4.78 is 0.677. The van der Waals surface area contributed by atoms with Crippen molar-refractivity contribution in [3.05, 3.63) is 11.1 Å². The molecule has 2 heterocycles. The first-order valence-electron chi connectivity index (χ1n) is 9.97. The Morgan fingerprint density at radius 1 is 1.10 bits per heavy atom. The number of rotatable bonds is 6. The molecule has 0 spiro atoms. The molecule has 7 nitrogen and oxygen atoms in total. The van der Waals surface area contributed by atoms with Gasteiger partial charge in [-0.3, -0.25) is 9.59 Å². The highest BCUT2D eigenvalue weighted by molar-refractivity contribution is 8.01. The third-order valence-electron chi connectivity index (χ3n) is 6.34. The summed E-state index contributed by atoms with van der Waals surface area (Å²) in [5.74, 6) is 2.42. The summed E-state index contributed by atoms with van der Waals surface area (Å²) in [4.78, 5) is 29.4. The van der Waals surface area contributed by atoms with Gasteiger partial charge in [0.1, 0.15) is 0 Å². The molecule has 6 rings (SSSR count). The number of amides is 2. The number of hydrogen-bond acceptors (Lipinski definition) is 8. The van der Waals surface area contributed by atoms with Crippen LogP contribution in [0.1, 0.15) is 44.2 Å². The normalized spacial score (nSPS) is 29.8. The van der Waals surface area contributed by atoms with Crippen LogP contribution in [0.15, 0.2) is 9.72 Å². The average molecular weight is 450 g/mol. The number of hydrogen-bond donors (Lipinski definition) is 2. The van der Waals surface area contributed by atoms with Crippen LogP contribution < -0.4 is 10.6 Å². The highest BCUT2D eigenvalue weighted by Gasteiger charge is 2.54. The molecule has 0 aliphatic heterocycles. The second-order valence-electron chi connectivity index (χ2n) is 8.66. The molecule has 29 heavy (non-hydrogen) atoms. The van der Waals surface area contributed by atoms with Gasteiger partial charge in [0.25, 0.3) is 0 Å². The molecule has 4 bridgehead atoms. The average Bonchev–Trinajstić information content (AvgIpc) is 3.27. The number of carbonyl (C=O) groups excluding carboxylic acids is 2. The van der Waals surface area contributed by atoms with Crippen LogP contribution in [0.2, 0.25) is 0 Å². The van der Waals surface area contributed by atoms with E-state index in [9.17, 15) is 9.59 Å². The zero-order chi connectivity index (χ0) is 20.0. The molecular weight excluding hydrogens is 426 g/mol. The Hall–Kier alpha value is -1.52. The Labute approximate surface area is 181 Å². The Kier molecular flexibility index (Phi) is 5.11. The summed E-state index contributed by atoms with van der Waals surface area (Å²) in [7, 11) is 0. The Balaban J connectivity index is 1.15. The molecule has 2 N–H and O–H groups in total. The third kappa shape index (κ3) is 4.06. The van der Waals surface area contributed by atoms with Crippen LogP contribution in [-0.2, 0) is 9.59 Å². The van der Waals surface area contributed by atoms with Crippen molar-refractivity contribution in [1.29, 1.82) is 0 Å². The molecule has 0 radical (unpaired) electrons. The predicted octanol–water partition coefficient (Wildman–Crippen LogP) is 4.19. The summed E-state index contributed by atoms with van der Waals surface area (Å²) in [5.41, 5.74) is 0.695. The van der Waals surface area contributed by atoms with E-state index in [0.717, 1.165) is 42.7 Å². The fraction of sp³-hybridized carbons (Fsp3) is 0.632. The molecule has 4 aliphatic carbocycles. The van der Waals surface area contributed by atoms with Gasteiger partial charge in [0.05, 0.1) is 16.9 Å². The SMILES string of the molecule is Cc1csc(NC(=O)CSc2nnc(NC(=O)C34CC5CC(CC(C5)C3)C4)s2)n1. The van der Waals surface area contributed by atoms with Gasteiger partial charge in [0.2, 0.25) is 16.9 Å². The second kappa shape index (κ2) is 7.63. The maximum atomic E-state index is 13.1. The van der Waals surface area contributed by atoms with Gasteiger partial charge in [-0.2, -0.15) is 0 Å². The summed E-state index contributed by atoms with van der Waals surface area (Å²) in [6.45, 7) is 1.89. The Morgan fingerprint density at radius 2 is 1.79 bits per heavy atom. The lowest BCUT2D eigenvalue weighted by atomic mass is 9.49. The quantitative estimate of drug-likeness (QED) is 0.507. The first-order chi connectivity index (χ1) is 14.0. The maximum Gasteiger partial charge on any atom is 0.236 e. The van der Waals surface area contributed by atoms with E-state index in [2.05, 4.69) is 25.8 Å². The van der Waals surface area contributed by atoms with E-state index >= 15 is 0 Å². The molecule has 10 heteroatoms. The van der Waals surface area contributed by atoms with Crippen LogP contribution >= 0.6 is 34.4 Å². The van der Waals surface area contributed by atoms with Gasteiger partial charge in [-0.1, -0.05) is 23.1 Å². The number of nitrogens with one attached hydrogen (secondary N) is 2. The van der Waals surface area contributed by atoms with E-state index < -0.39 is 0 Å². The molecule has 0 saturated heterocycles. The van der Waals surface area contributed by atoms with Gasteiger partial charge in [0.15, 0.2) is 9.47 Å². The van der Waals surface area contributed by atoms with Gasteiger partial charge in [-0.15, -0.1) is 21.5 Å². The van der Waals surface area contributed by atoms with Crippen molar-refractivity contribution in [2.45, 2.75) is 49.8 Å². The van der Waals surface area contributed by atoms with Crippen LogP contribution in [0.25, 0.3) is 0 Å². The van der Waals surface area contributed by atoms with Gasteiger partial charge < -0.3 is 10.6 Å².